The Balaban J connectivity index is 2.84. The van der Waals surface area contributed by atoms with Crippen LogP contribution in [0.3, 0.4) is 0 Å². The van der Waals surface area contributed by atoms with Gasteiger partial charge in [0.15, 0.2) is 5.78 Å². The molecule has 0 aliphatic heterocycles. The number of carbonyl (C=O) groups is 2. The Morgan fingerprint density at radius 3 is 2.53 bits per heavy atom. The third-order valence-corrected chi connectivity index (χ3v) is 3.65. The van der Waals surface area contributed by atoms with E-state index >= 15 is 0 Å². The van der Waals surface area contributed by atoms with Gasteiger partial charge >= 0.3 is 5.97 Å². The van der Waals surface area contributed by atoms with E-state index in [0.717, 1.165) is 9.75 Å². The van der Waals surface area contributed by atoms with Crippen LogP contribution in [0.4, 0.5) is 0 Å². The largest absolute Gasteiger partial charge is 0.481 e. The Labute approximate surface area is 100 Å². The molecule has 0 bridgehead atoms. The zero-order valence-electron chi connectivity index (χ0n) is 8.41. The van der Waals surface area contributed by atoms with Crippen molar-refractivity contribution < 1.29 is 14.7 Å². The number of thiophene rings is 1. The van der Waals surface area contributed by atoms with E-state index in [1.165, 1.54) is 0 Å². The minimum Gasteiger partial charge on any atom is -0.481 e. The molecule has 0 aliphatic carbocycles. The summed E-state index contributed by atoms with van der Waals surface area (Å²) < 4.78 is 0. The van der Waals surface area contributed by atoms with Gasteiger partial charge < -0.3 is 5.11 Å². The lowest BCUT2D eigenvalue weighted by Gasteiger charge is -2.04. The van der Waals surface area contributed by atoms with Crippen molar-refractivity contribution in [1.82, 2.24) is 0 Å². The third kappa shape index (κ3) is 3.14. The Morgan fingerprint density at radius 1 is 1.53 bits per heavy atom. The molecular weight excluding hydrogens is 280 g/mol. The smallest absolute Gasteiger partial charge is 0.304 e. The van der Waals surface area contributed by atoms with Gasteiger partial charge in [0.25, 0.3) is 0 Å². The first kappa shape index (κ1) is 12.4. The predicted octanol–water partition coefficient (Wildman–Crippen LogP) is 2.79. The topological polar surface area (TPSA) is 54.4 Å². The molecule has 5 heteroatoms. The lowest BCUT2D eigenvalue weighted by atomic mass is 10.1. The number of aryl methyl sites for hydroxylation is 2. The molecule has 1 atom stereocenters. The van der Waals surface area contributed by atoms with Crippen LogP contribution >= 0.6 is 27.3 Å². The van der Waals surface area contributed by atoms with Crippen molar-refractivity contribution in [2.24, 2.45) is 0 Å². The Bertz CT molecular complexity index is 397. The molecule has 0 radical (unpaired) electrons. The molecule has 0 fully saturated rings. The maximum Gasteiger partial charge on any atom is 0.304 e. The molecule has 0 aliphatic rings. The van der Waals surface area contributed by atoms with Crippen LogP contribution in [0.15, 0.2) is 6.07 Å². The average molecular weight is 291 g/mol. The van der Waals surface area contributed by atoms with Crippen LogP contribution in [-0.2, 0) is 4.79 Å². The maximum absolute atomic E-state index is 11.8. The minimum atomic E-state index is -0.977. The second-order valence-corrected chi connectivity index (χ2v) is 5.82. The summed E-state index contributed by atoms with van der Waals surface area (Å²) in [4.78, 5) is 23.6. The highest BCUT2D eigenvalue weighted by molar-refractivity contribution is 9.10. The molecule has 1 rings (SSSR count). The molecule has 0 aromatic carbocycles. The van der Waals surface area contributed by atoms with Gasteiger partial charge in [0, 0.05) is 15.3 Å². The number of alkyl halides is 1. The molecule has 0 saturated heterocycles. The average Bonchev–Trinajstić information content (AvgIpc) is 2.42. The number of hydrogen-bond donors (Lipinski definition) is 1. The van der Waals surface area contributed by atoms with Crippen LogP contribution < -0.4 is 0 Å². The highest BCUT2D eigenvalue weighted by Gasteiger charge is 2.22. The van der Waals surface area contributed by atoms with Gasteiger partial charge in [0.1, 0.15) is 0 Å². The van der Waals surface area contributed by atoms with Crippen LogP contribution in [-0.4, -0.2) is 21.7 Å². The first-order chi connectivity index (χ1) is 6.91. The summed E-state index contributed by atoms with van der Waals surface area (Å²) in [7, 11) is 0. The van der Waals surface area contributed by atoms with Crippen molar-refractivity contribution >= 4 is 39.0 Å². The number of halogens is 1. The summed E-state index contributed by atoms with van der Waals surface area (Å²) in [5.74, 6) is -1.13. The molecule has 1 heterocycles. The van der Waals surface area contributed by atoms with Gasteiger partial charge in [-0.1, -0.05) is 15.9 Å². The van der Waals surface area contributed by atoms with Crippen molar-refractivity contribution in [3.63, 3.8) is 0 Å². The maximum atomic E-state index is 11.8. The second-order valence-electron chi connectivity index (χ2n) is 3.26. The van der Waals surface area contributed by atoms with Crippen molar-refractivity contribution in [2.75, 3.05) is 0 Å². The normalized spacial score (nSPS) is 12.5. The van der Waals surface area contributed by atoms with E-state index in [1.807, 2.05) is 13.8 Å². The highest BCUT2D eigenvalue weighted by atomic mass is 79.9. The fourth-order valence-electron chi connectivity index (χ4n) is 1.29. The number of ketones is 1. The van der Waals surface area contributed by atoms with E-state index in [0.29, 0.717) is 5.56 Å². The number of hydrogen-bond acceptors (Lipinski definition) is 3. The SMILES string of the molecule is Cc1cc(C(=O)C(Br)CC(=O)O)c(C)s1. The van der Waals surface area contributed by atoms with Crippen LogP contribution in [0.5, 0.6) is 0 Å². The highest BCUT2D eigenvalue weighted by Crippen LogP contribution is 2.24. The Morgan fingerprint density at radius 2 is 2.13 bits per heavy atom. The Hall–Kier alpha value is -0.680. The minimum absolute atomic E-state index is 0.153. The molecule has 1 aromatic rings. The molecule has 82 valence electrons. The van der Waals surface area contributed by atoms with E-state index in [4.69, 9.17) is 5.11 Å². The van der Waals surface area contributed by atoms with E-state index in [1.54, 1.807) is 17.4 Å². The number of carbonyl (C=O) groups excluding carboxylic acids is 1. The number of Topliss-reactive ketones (excluding diaryl/α,β-unsaturated/α-hetero) is 1. The number of rotatable bonds is 4. The van der Waals surface area contributed by atoms with Crippen molar-refractivity contribution in [1.29, 1.82) is 0 Å². The molecule has 1 aromatic heterocycles. The molecule has 1 N–H and O–H groups in total. The van der Waals surface area contributed by atoms with Gasteiger partial charge in [0.2, 0.25) is 0 Å². The van der Waals surface area contributed by atoms with Crippen LogP contribution in [0, 0.1) is 13.8 Å². The van der Waals surface area contributed by atoms with Gasteiger partial charge in [0.05, 0.1) is 11.2 Å². The number of aliphatic carboxylic acids is 1. The van der Waals surface area contributed by atoms with Crippen LogP contribution in [0.1, 0.15) is 26.5 Å². The predicted molar refractivity (Wildman–Crippen MR) is 63.1 cm³/mol. The number of carboxylic acids is 1. The van der Waals surface area contributed by atoms with Gasteiger partial charge in [-0.3, -0.25) is 9.59 Å². The Kier molecular flexibility index (Phi) is 4.04. The van der Waals surface area contributed by atoms with Crippen LogP contribution in [0.2, 0.25) is 0 Å². The lowest BCUT2D eigenvalue weighted by Crippen LogP contribution is -2.18. The summed E-state index contributed by atoms with van der Waals surface area (Å²) in [5.41, 5.74) is 0.626. The lowest BCUT2D eigenvalue weighted by molar-refractivity contribution is -0.136. The standard InChI is InChI=1S/C10H11BrO3S/c1-5-3-7(6(2)15-5)10(14)8(11)4-9(12)13/h3,8H,4H2,1-2H3,(H,12,13). The zero-order chi connectivity index (χ0) is 11.6. The fourth-order valence-corrected chi connectivity index (χ4v) is 2.74. The van der Waals surface area contributed by atoms with Gasteiger partial charge in [-0.05, 0) is 19.9 Å². The van der Waals surface area contributed by atoms with Crippen LogP contribution in [0.25, 0.3) is 0 Å². The molecule has 0 spiro atoms. The van der Waals surface area contributed by atoms with E-state index in [2.05, 4.69) is 15.9 Å². The van der Waals surface area contributed by atoms with Crippen molar-refractivity contribution in [3.8, 4) is 0 Å². The third-order valence-electron chi connectivity index (χ3n) is 1.94. The summed E-state index contributed by atoms with van der Waals surface area (Å²) >= 11 is 4.64. The molecule has 3 nitrogen and oxygen atoms in total. The first-order valence-electron chi connectivity index (χ1n) is 4.39. The fraction of sp³-hybridized carbons (Fsp3) is 0.400. The van der Waals surface area contributed by atoms with Crippen molar-refractivity contribution in [2.45, 2.75) is 25.1 Å². The van der Waals surface area contributed by atoms with E-state index in [-0.39, 0.29) is 12.2 Å². The summed E-state index contributed by atoms with van der Waals surface area (Å²) in [6.45, 7) is 3.79. The zero-order valence-corrected chi connectivity index (χ0v) is 10.8. The summed E-state index contributed by atoms with van der Waals surface area (Å²) in [6, 6.07) is 1.80. The van der Waals surface area contributed by atoms with Gasteiger partial charge in [-0.2, -0.15) is 0 Å². The quantitative estimate of drug-likeness (QED) is 0.685. The number of carboxylic acid groups (broad SMARTS) is 1. The molecule has 1 unspecified atom stereocenters. The molecular formula is C10H11BrO3S. The molecule has 0 saturated carbocycles. The van der Waals surface area contributed by atoms with E-state index in [9.17, 15) is 9.59 Å². The molecule has 15 heavy (non-hydrogen) atoms. The van der Waals surface area contributed by atoms with Crippen molar-refractivity contribution in [3.05, 3.63) is 21.4 Å². The summed E-state index contributed by atoms with van der Waals surface area (Å²) in [5, 5.41) is 8.57. The van der Waals surface area contributed by atoms with Gasteiger partial charge in [-0.15, -0.1) is 11.3 Å². The monoisotopic (exact) mass is 290 g/mol. The first-order valence-corrected chi connectivity index (χ1v) is 6.12. The second kappa shape index (κ2) is 4.90. The molecule has 0 amide bonds. The van der Waals surface area contributed by atoms with E-state index < -0.39 is 10.8 Å². The van der Waals surface area contributed by atoms with Gasteiger partial charge in [-0.25, -0.2) is 0 Å². The summed E-state index contributed by atoms with van der Waals surface area (Å²) in [6.07, 6.45) is -0.187.